The molecule has 0 aromatic rings. The fraction of sp³-hybridized carbons (Fsp3) is 0.833. The van der Waals surface area contributed by atoms with Crippen molar-refractivity contribution in [2.45, 2.75) is 26.6 Å². The van der Waals surface area contributed by atoms with Gasteiger partial charge in [0.15, 0.2) is 8.32 Å². The zero-order valence-corrected chi connectivity index (χ0v) is 13.3. The maximum absolute atomic E-state index is 9.60. The molecular formula is C6H19AlO3Si2. The Morgan fingerprint density at radius 1 is 1.33 bits per heavy atom. The van der Waals surface area contributed by atoms with Gasteiger partial charge in [0, 0.05) is 14.0 Å². The molecule has 0 bridgehead atoms. The van der Waals surface area contributed by atoms with Crippen LogP contribution in [0.15, 0.2) is 0 Å². The highest BCUT2D eigenvalue weighted by atomic mass is 28.4. The van der Waals surface area contributed by atoms with E-state index >= 15 is 0 Å². The van der Waals surface area contributed by atoms with Gasteiger partial charge in [-0.2, -0.15) is 0 Å². The fourth-order valence-electron chi connectivity index (χ4n) is 0. The summed E-state index contributed by atoms with van der Waals surface area (Å²) in [5.41, 5.74) is 0. The molecule has 0 N–H and O–H groups in total. The van der Waals surface area contributed by atoms with Gasteiger partial charge in [0.25, 0.3) is 5.97 Å². The highest BCUT2D eigenvalue weighted by Crippen LogP contribution is 1.97. The van der Waals surface area contributed by atoms with Crippen molar-refractivity contribution in [1.82, 2.24) is 0 Å². The molecule has 0 spiro atoms. The summed E-state index contributed by atoms with van der Waals surface area (Å²) in [7, 11) is 0.639. The van der Waals surface area contributed by atoms with Gasteiger partial charge >= 0.3 is 16.6 Å². The largest absolute Gasteiger partial charge is 0.625 e. The molecule has 0 aromatic heterocycles. The molecule has 0 saturated heterocycles. The van der Waals surface area contributed by atoms with Gasteiger partial charge in [0.2, 0.25) is 0 Å². The number of hydrogen-bond acceptors (Lipinski definition) is 3. The summed E-state index contributed by atoms with van der Waals surface area (Å²) in [5, 5.41) is 0. The van der Waals surface area contributed by atoms with E-state index in [0.717, 1.165) is 0 Å². The zero-order chi connectivity index (χ0) is 9.49. The Bertz CT molecular complexity index is 114. The van der Waals surface area contributed by atoms with Crippen LogP contribution in [0.5, 0.6) is 0 Å². The van der Waals surface area contributed by atoms with Crippen molar-refractivity contribution in [1.29, 1.82) is 0 Å². The van der Waals surface area contributed by atoms with E-state index in [9.17, 15) is 4.79 Å². The highest BCUT2D eigenvalue weighted by molar-refractivity contribution is 6.69. The van der Waals surface area contributed by atoms with Crippen LogP contribution in [0.25, 0.3) is 0 Å². The SMILES string of the molecule is CC(=O)[O][AlH].CO[Si](C)(C)C.[SiH3]. The molecule has 0 atom stereocenters. The molecule has 0 heterocycles. The lowest BCUT2D eigenvalue weighted by Crippen LogP contribution is -2.22. The smallest absolute Gasteiger partial charge is 0.496 e. The average Bonchev–Trinajstić information content (AvgIpc) is 1.88. The lowest BCUT2D eigenvalue weighted by atomic mass is 10.9. The second kappa shape index (κ2) is 9.48. The van der Waals surface area contributed by atoms with E-state index in [1.54, 1.807) is 7.11 Å². The maximum Gasteiger partial charge on any atom is 0.496 e. The number of hydrogen-bond donors (Lipinski definition) is 0. The third kappa shape index (κ3) is 31.5. The summed E-state index contributed by atoms with van der Waals surface area (Å²) in [6.45, 7) is 7.85. The van der Waals surface area contributed by atoms with Gasteiger partial charge < -0.3 is 8.21 Å². The van der Waals surface area contributed by atoms with Gasteiger partial charge in [-0.1, -0.05) is 0 Å². The van der Waals surface area contributed by atoms with Crippen molar-refractivity contribution >= 4 is 41.9 Å². The Morgan fingerprint density at radius 3 is 1.50 bits per heavy atom. The van der Waals surface area contributed by atoms with Crippen molar-refractivity contribution in [2.24, 2.45) is 0 Å². The third-order valence-electron chi connectivity index (χ3n) is 0.816. The van der Waals surface area contributed by atoms with Gasteiger partial charge in [0.05, 0.1) is 0 Å². The zero-order valence-electron chi connectivity index (χ0n) is 8.93. The van der Waals surface area contributed by atoms with Crippen LogP contribution in [0.3, 0.4) is 0 Å². The van der Waals surface area contributed by atoms with E-state index in [-0.39, 0.29) is 16.9 Å². The highest BCUT2D eigenvalue weighted by Gasteiger charge is 2.09. The average molecular weight is 222 g/mol. The molecular weight excluding hydrogens is 203 g/mol. The van der Waals surface area contributed by atoms with Gasteiger partial charge in [-0.25, -0.2) is 0 Å². The van der Waals surface area contributed by atoms with E-state index in [4.69, 9.17) is 4.43 Å². The summed E-state index contributed by atoms with van der Waals surface area (Å²) >= 11 is 1.18. The maximum atomic E-state index is 9.60. The molecule has 72 valence electrons. The monoisotopic (exact) mass is 222 g/mol. The van der Waals surface area contributed by atoms with Crippen molar-refractivity contribution in [3.05, 3.63) is 0 Å². The van der Waals surface area contributed by atoms with Crippen LogP contribution >= 0.6 is 0 Å². The lowest BCUT2D eigenvalue weighted by Gasteiger charge is -2.10. The normalized spacial score (nSPS) is 8.75. The predicted octanol–water partition coefficient (Wildman–Crippen LogP) is -0.351. The minimum atomic E-state index is -1.13. The molecule has 0 amide bonds. The van der Waals surface area contributed by atoms with E-state index in [1.807, 2.05) is 0 Å². The quantitative estimate of drug-likeness (QED) is 0.569. The van der Waals surface area contributed by atoms with Gasteiger partial charge in [-0.15, -0.1) is 0 Å². The van der Waals surface area contributed by atoms with Crippen LogP contribution in [-0.2, 0) is 13.0 Å². The van der Waals surface area contributed by atoms with Crippen LogP contribution in [0, 0.1) is 0 Å². The van der Waals surface area contributed by atoms with Crippen LogP contribution < -0.4 is 0 Å². The number of rotatable bonds is 1. The lowest BCUT2D eigenvalue weighted by molar-refractivity contribution is -0.131. The van der Waals surface area contributed by atoms with Gasteiger partial charge in [-0.3, -0.25) is 4.79 Å². The molecule has 0 aliphatic rings. The molecule has 0 aliphatic heterocycles. The Labute approximate surface area is 88.7 Å². The summed E-state index contributed by atoms with van der Waals surface area (Å²) in [4.78, 5) is 9.60. The Balaban J connectivity index is -0.000000126. The van der Waals surface area contributed by atoms with E-state index in [0.29, 0.717) is 0 Å². The summed E-state index contributed by atoms with van der Waals surface area (Å²) in [5.74, 6) is -0.233. The van der Waals surface area contributed by atoms with Crippen molar-refractivity contribution < 1.29 is 13.0 Å². The van der Waals surface area contributed by atoms with Crippen molar-refractivity contribution in [3.8, 4) is 0 Å². The van der Waals surface area contributed by atoms with Crippen LogP contribution in [-0.4, -0.2) is 49.0 Å². The number of carbonyl (C=O) groups excluding carboxylic acids is 1. The predicted molar refractivity (Wildman–Crippen MR) is 59.2 cm³/mol. The minimum absolute atomic E-state index is 0. The first-order valence-corrected chi connectivity index (χ1v) is 7.29. The standard InChI is InChI=1S/C4H12OSi.C2H4O2.Al.H3Si.H/c1-5-6(2,3)4;1-2(3)4;;;/h1-4H3;1H3,(H,3,4);;1H3;/q;;+1;;/p-1. The molecule has 0 aliphatic carbocycles. The first-order chi connectivity index (χ1) is 4.83. The minimum Gasteiger partial charge on any atom is -0.625 e. The molecule has 0 rings (SSSR count). The van der Waals surface area contributed by atoms with E-state index in [1.165, 1.54) is 23.5 Å². The topological polar surface area (TPSA) is 35.5 Å². The molecule has 0 fully saturated rings. The second-order valence-electron chi connectivity index (χ2n) is 2.95. The molecule has 0 unspecified atom stereocenters. The summed E-state index contributed by atoms with van der Waals surface area (Å²) < 4.78 is 9.22. The molecule has 0 aromatic carbocycles. The fourth-order valence-corrected chi connectivity index (χ4v) is 0. The Kier molecular flexibility index (Phi) is 14.4. The molecule has 0 saturated carbocycles. The Morgan fingerprint density at radius 2 is 1.50 bits per heavy atom. The van der Waals surface area contributed by atoms with Crippen LogP contribution in [0.4, 0.5) is 0 Å². The van der Waals surface area contributed by atoms with Crippen LogP contribution in [0.1, 0.15) is 6.92 Å². The van der Waals surface area contributed by atoms with Crippen molar-refractivity contribution in [2.75, 3.05) is 7.11 Å². The third-order valence-corrected chi connectivity index (χ3v) is 2.45. The Hall–Kier alpha value is 0.396. The first kappa shape index (κ1) is 18.2. The van der Waals surface area contributed by atoms with Gasteiger partial charge in [-0.05, 0) is 30.6 Å². The molecule has 6 heteroatoms. The first-order valence-electron chi connectivity index (χ1n) is 3.31. The van der Waals surface area contributed by atoms with Gasteiger partial charge in [0.1, 0.15) is 0 Å². The molecule has 3 nitrogen and oxygen atoms in total. The second-order valence-corrected chi connectivity index (χ2v) is 7.87. The summed E-state index contributed by atoms with van der Waals surface area (Å²) in [6.07, 6.45) is 0. The summed E-state index contributed by atoms with van der Waals surface area (Å²) in [6, 6.07) is 0. The van der Waals surface area contributed by atoms with E-state index in [2.05, 4.69) is 23.4 Å². The van der Waals surface area contributed by atoms with E-state index < -0.39 is 8.32 Å². The van der Waals surface area contributed by atoms with Crippen molar-refractivity contribution in [3.63, 3.8) is 0 Å². The number of carbonyl (C=O) groups is 1. The van der Waals surface area contributed by atoms with Crippen LogP contribution in [0.2, 0.25) is 19.6 Å². The molecule has 12 heavy (non-hydrogen) atoms. The molecule has 2 radical (unpaired) electrons.